The summed E-state index contributed by atoms with van der Waals surface area (Å²) in [5, 5.41) is 0. The van der Waals surface area contributed by atoms with E-state index in [0.717, 1.165) is 5.56 Å². The van der Waals surface area contributed by atoms with E-state index >= 15 is 0 Å². The minimum atomic E-state index is -0.988. The number of carbonyl (C=O) groups excluding carboxylic acids is 2. The van der Waals surface area contributed by atoms with Crippen LogP contribution < -0.4 is 4.90 Å². The van der Waals surface area contributed by atoms with Gasteiger partial charge in [0.2, 0.25) is 11.8 Å². The van der Waals surface area contributed by atoms with Gasteiger partial charge in [0.05, 0.1) is 36.8 Å². The second-order valence-electron chi connectivity index (χ2n) is 6.72. The zero-order chi connectivity index (χ0) is 16.5. The number of hydrogen-bond donors (Lipinski definition) is 0. The Labute approximate surface area is 139 Å². The Balaban J connectivity index is 1.56. The van der Waals surface area contributed by atoms with Crippen LogP contribution in [-0.4, -0.2) is 43.0 Å². The second kappa shape index (κ2) is 4.75. The first-order valence-electron chi connectivity index (χ1n) is 8.17. The van der Waals surface area contributed by atoms with E-state index in [2.05, 4.69) is 0 Å². The van der Waals surface area contributed by atoms with Crippen molar-refractivity contribution in [1.29, 1.82) is 0 Å². The van der Waals surface area contributed by atoms with E-state index in [1.54, 1.807) is 12.1 Å². The molecule has 6 heteroatoms. The van der Waals surface area contributed by atoms with Crippen molar-refractivity contribution in [2.45, 2.75) is 24.9 Å². The van der Waals surface area contributed by atoms with Crippen LogP contribution in [0.1, 0.15) is 5.56 Å². The zero-order valence-electron chi connectivity index (χ0n) is 13.2. The third kappa shape index (κ3) is 1.65. The summed E-state index contributed by atoms with van der Waals surface area (Å²) in [6.45, 7) is 2.90. The maximum atomic E-state index is 13.1. The van der Waals surface area contributed by atoms with Crippen LogP contribution in [0.5, 0.6) is 0 Å². The highest BCUT2D eigenvalue weighted by Crippen LogP contribution is 2.55. The third-order valence-corrected chi connectivity index (χ3v) is 5.36. The van der Waals surface area contributed by atoms with Crippen molar-refractivity contribution >= 4 is 17.5 Å². The third-order valence-electron chi connectivity index (χ3n) is 5.36. The number of benzene rings is 1. The van der Waals surface area contributed by atoms with Crippen LogP contribution in [0, 0.1) is 18.8 Å². The van der Waals surface area contributed by atoms with Crippen molar-refractivity contribution in [3.8, 4) is 0 Å². The van der Waals surface area contributed by atoms with Gasteiger partial charge in [0, 0.05) is 0 Å². The highest BCUT2D eigenvalue weighted by atomic mass is 16.7. The topological polar surface area (TPSA) is 65.1 Å². The molecule has 0 spiro atoms. The summed E-state index contributed by atoms with van der Waals surface area (Å²) in [5.41, 5.74) is 0.693. The van der Waals surface area contributed by atoms with Gasteiger partial charge in [-0.3, -0.25) is 9.59 Å². The monoisotopic (exact) mass is 327 g/mol. The Morgan fingerprint density at radius 3 is 2.50 bits per heavy atom. The predicted octanol–water partition coefficient (Wildman–Crippen LogP) is 1.18. The summed E-state index contributed by atoms with van der Waals surface area (Å²) in [5.74, 6) is -1.54. The SMILES string of the molecule is Cc1ccc(N2C(=O)[C@@H]3[C@@H](C2=O)[C@@]2(C4OCCO4)C=C[C@H]3O2)cc1. The average molecular weight is 327 g/mol. The molecule has 6 nitrogen and oxygen atoms in total. The molecule has 0 unspecified atom stereocenters. The Morgan fingerprint density at radius 1 is 1.08 bits per heavy atom. The van der Waals surface area contributed by atoms with Crippen molar-refractivity contribution in [2.24, 2.45) is 11.8 Å². The normalized spacial score (nSPS) is 37.7. The van der Waals surface area contributed by atoms with Gasteiger partial charge < -0.3 is 14.2 Å². The largest absolute Gasteiger partial charge is 0.357 e. The highest BCUT2D eigenvalue weighted by Gasteiger charge is 2.71. The van der Waals surface area contributed by atoms with Crippen molar-refractivity contribution in [3.63, 3.8) is 0 Å². The van der Waals surface area contributed by atoms with Gasteiger partial charge >= 0.3 is 0 Å². The van der Waals surface area contributed by atoms with Gasteiger partial charge in [-0.05, 0) is 25.1 Å². The molecular formula is C18H17NO5. The fourth-order valence-corrected chi connectivity index (χ4v) is 4.27. The van der Waals surface area contributed by atoms with Gasteiger partial charge in [-0.1, -0.05) is 23.8 Å². The lowest BCUT2D eigenvalue weighted by Gasteiger charge is -2.32. The average Bonchev–Trinajstić information content (AvgIpc) is 3.33. The molecule has 124 valence electrons. The number of amides is 2. The standard InChI is InChI=1S/C18H17NO5/c1-10-2-4-11(5-3-10)19-15(20)13-12-6-7-18(24-12,14(13)16(19)21)17-22-8-9-23-17/h2-7,12-14,17H,8-9H2,1H3/t12-,13+,14+,18-/m1/s1. The molecule has 3 saturated heterocycles. The van der Waals surface area contributed by atoms with E-state index in [0.29, 0.717) is 18.9 Å². The molecule has 1 aromatic rings. The fourth-order valence-electron chi connectivity index (χ4n) is 4.27. The molecule has 0 radical (unpaired) electrons. The van der Waals surface area contributed by atoms with Crippen LogP contribution in [0.2, 0.25) is 0 Å². The van der Waals surface area contributed by atoms with Crippen LogP contribution in [0.4, 0.5) is 5.69 Å². The lowest BCUT2D eigenvalue weighted by atomic mass is 9.76. The number of nitrogens with zero attached hydrogens (tertiary/aromatic N) is 1. The van der Waals surface area contributed by atoms with Crippen molar-refractivity contribution < 1.29 is 23.8 Å². The number of carbonyl (C=O) groups is 2. The molecule has 4 aliphatic heterocycles. The lowest BCUT2D eigenvalue weighted by Crippen LogP contribution is -2.49. The molecule has 0 aromatic heterocycles. The van der Waals surface area contributed by atoms with Gasteiger partial charge in [-0.15, -0.1) is 0 Å². The summed E-state index contributed by atoms with van der Waals surface area (Å²) in [6.07, 6.45) is 2.67. The fraction of sp³-hybridized carbons (Fsp3) is 0.444. The van der Waals surface area contributed by atoms with E-state index in [4.69, 9.17) is 14.2 Å². The van der Waals surface area contributed by atoms with Crippen LogP contribution in [0.25, 0.3) is 0 Å². The lowest BCUT2D eigenvalue weighted by molar-refractivity contribution is -0.180. The van der Waals surface area contributed by atoms with Gasteiger partial charge in [0.1, 0.15) is 0 Å². The van der Waals surface area contributed by atoms with E-state index in [1.807, 2.05) is 31.2 Å². The number of anilines is 1. The Morgan fingerprint density at radius 2 is 1.79 bits per heavy atom. The molecule has 2 bridgehead atoms. The minimum Gasteiger partial charge on any atom is -0.357 e. The van der Waals surface area contributed by atoms with Crippen LogP contribution >= 0.6 is 0 Å². The molecule has 4 aliphatic rings. The summed E-state index contributed by atoms with van der Waals surface area (Å²) >= 11 is 0. The number of ether oxygens (including phenoxy) is 3. The van der Waals surface area contributed by atoms with Gasteiger partial charge in [-0.2, -0.15) is 0 Å². The van der Waals surface area contributed by atoms with E-state index in [9.17, 15) is 9.59 Å². The van der Waals surface area contributed by atoms with Gasteiger partial charge in [-0.25, -0.2) is 4.90 Å². The molecule has 5 rings (SSSR count). The summed E-state index contributed by atoms with van der Waals surface area (Å²) in [7, 11) is 0. The number of aryl methyl sites for hydroxylation is 1. The maximum absolute atomic E-state index is 13.1. The molecule has 24 heavy (non-hydrogen) atoms. The van der Waals surface area contributed by atoms with Gasteiger partial charge in [0.15, 0.2) is 11.9 Å². The summed E-state index contributed by atoms with van der Waals surface area (Å²) in [4.78, 5) is 27.3. The molecule has 4 heterocycles. The van der Waals surface area contributed by atoms with Crippen LogP contribution in [0.15, 0.2) is 36.4 Å². The Hall–Kier alpha value is -2.02. The quantitative estimate of drug-likeness (QED) is 0.603. The molecule has 3 fully saturated rings. The Bertz CT molecular complexity index is 751. The smallest absolute Gasteiger partial charge is 0.241 e. The number of rotatable bonds is 2. The first-order valence-corrected chi connectivity index (χ1v) is 8.17. The Kier molecular flexibility index (Phi) is 2.84. The molecule has 1 aromatic carbocycles. The van der Waals surface area contributed by atoms with E-state index < -0.39 is 29.8 Å². The van der Waals surface area contributed by atoms with Crippen molar-refractivity contribution in [3.05, 3.63) is 42.0 Å². The van der Waals surface area contributed by atoms with Gasteiger partial charge in [0.25, 0.3) is 0 Å². The van der Waals surface area contributed by atoms with Crippen molar-refractivity contribution in [2.75, 3.05) is 18.1 Å². The van der Waals surface area contributed by atoms with Crippen LogP contribution in [0.3, 0.4) is 0 Å². The second-order valence-corrected chi connectivity index (χ2v) is 6.72. The van der Waals surface area contributed by atoms with E-state index in [1.165, 1.54) is 4.90 Å². The molecule has 0 saturated carbocycles. The number of hydrogen-bond acceptors (Lipinski definition) is 5. The summed E-state index contributed by atoms with van der Waals surface area (Å²) < 4.78 is 17.3. The zero-order valence-corrected chi connectivity index (χ0v) is 13.2. The minimum absolute atomic E-state index is 0.205. The first kappa shape index (κ1) is 14.3. The highest BCUT2D eigenvalue weighted by molar-refractivity contribution is 6.23. The first-order chi connectivity index (χ1) is 11.6. The number of fused-ring (bicyclic) bond motifs is 5. The predicted molar refractivity (Wildman–Crippen MR) is 83.1 cm³/mol. The van der Waals surface area contributed by atoms with E-state index in [-0.39, 0.29) is 11.8 Å². The number of imide groups is 1. The molecule has 0 N–H and O–H groups in total. The molecular weight excluding hydrogens is 310 g/mol. The van der Waals surface area contributed by atoms with Crippen molar-refractivity contribution in [1.82, 2.24) is 0 Å². The van der Waals surface area contributed by atoms with Crippen LogP contribution in [-0.2, 0) is 23.8 Å². The maximum Gasteiger partial charge on any atom is 0.241 e. The summed E-state index contributed by atoms with van der Waals surface area (Å²) in [6, 6.07) is 7.40. The molecule has 2 amide bonds. The molecule has 4 atom stereocenters. The molecule has 0 aliphatic carbocycles.